The Hall–Kier alpha value is -5.02. The van der Waals surface area contributed by atoms with Crippen LogP contribution in [0.5, 0.6) is 5.75 Å². The highest BCUT2D eigenvalue weighted by atomic mass is 32.1. The number of nitriles is 2. The van der Waals surface area contributed by atoms with Gasteiger partial charge in [-0.3, -0.25) is 0 Å². The largest absolute Gasteiger partial charge is 0.495 e. The lowest BCUT2D eigenvalue weighted by molar-refractivity contribution is 0.416. The maximum atomic E-state index is 9.28. The molecule has 0 saturated carbocycles. The number of hydrogen-bond donors (Lipinski definition) is 0. The van der Waals surface area contributed by atoms with Crippen molar-refractivity contribution < 1.29 is 13.6 Å². The first-order chi connectivity index (χ1) is 18.9. The van der Waals surface area contributed by atoms with Crippen LogP contribution in [0, 0.1) is 35.8 Å². The van der Waals surface area contributed by atoms with E-state index in [0.717, 1.165) is 61.1 Å². The van der Waals surface area contributed by atoms with Gasteiger partial charge in [-0.1, -0.05) is 11.1 Å². The molecule has 0 aromatic carbocycles. The lowest BCUT2D eigenvalue weighted by Crippen LogP contribution is -1.84. The van der Waals surface area contributed by atoms with Gasteiger partial charge in [0.1, 0.15) is 33.7 Å². The molecule has 2 aliphatic carbocycles. The van der Waals surface area contributed by atoms with Crippen molar-refractivity contribution in [2.24, 2.45) is 0 Å². The average molecular weight is 531 g/mol. The molecule has 3 aromatic rings. The van der Waals surface area contributed by atoms with E-state index in [4.69, 9.17) is 26.7 Å². The topological polar surface area (TPSA) is 91.8 Å². The second kappa shape index (κ2) is 10.4. The van der Waals surface area contributed by atoms with E-state index in [-0.39, 0.29) is 11.4 Å². The Bertz CT molecular complexity index is 1780. The van der Waals surface area contributed by atoms with E-state index < -0.39 is 0 Å². The Balaban J connectivity index is 1.47. The highest BCUT2D eigenvalue weighted by Gasteiger charge is 2.26. The third-order valence-electron chi connectivity index (χ3n) is 7.26. The number of methoxy groups -OCH3 is 1. The van der Waals surface area contributed by atoms with Crippen LogP contribution >= 0.6 is 11.3 Å². The van der Waals surface area contributed by atoms with Crippen molar-refractivity contribution in [3.8, 4) is 39.2 Å². The van der Waals surface area contributed by atoms with Crippen molar-refractivity contribution >= 4 is 22.5 Å². The minimum atomic E-state index is 0.143. The smallest absolute Gasteiger partial charge is 0.265 e. The van der Waals surface area contributed by atoms with Crippen molar-refractivity contribution in [1.82, 2.24) is 0 Å². The number of hydrogen-bond acceptors (Lipinski definition) is 6. The molecule has 0 bridgehead atoms. The third-order valence-corrected chi connectivity index (χ3v) is 8.40. The summed E-state index contributed by atoms with van der Waals surface area (Å²) in [6, 6.07) is 13.6. The van der Waals surface area contributed by atoms with Crippen LogP contribution in [-0.4, -0.2) is 7.11 Å². The Morgan fingerprint density at radius 2 is 1.31 bits per heavy atom. The van der Waals surface area contributed by atoms with Crippen LogP contribution in [0.15, 0.2) is 72.9 Å². The second-order valence-corrected chi connectivity index (χ2v) is 10.2. The molecular formula is C31H22N4O3S. The zero-order chi connectivity index (χ0) is 27.7. The summed E-state index contributed by atoms with van der Waals surface area (Å²) in [5.74, 6) is 3.49. The highest BCUT2D eigenvalue weighted by molar-refractivity contribution is 7.19. The molecule has 0 fully saturated rings. The summed E-state index contributed by atoms with van der Waals surface area (Å²) in [6.07, 6.45) is 2.75. The van der Waals surface area contributed by atoms with E-state index in [9.17, 15) is 10.5 Å². The first kappa shape index (κ1) is 25.6. The Kier molecular flexibility index (Phi) is 6.83. The Morgan fingerprint density at radius 1 is 0.821 bits per heavy atom. The van der Waals surface area contributed by atoms with Gasteiger partial charge in [-0.05, 0) is 86.1 Å². The van der Waals surface area contributed by atoms with Gasteiger partial charge < -0.3 is 13.6 Å². The average Bonchev–Trinajstić information content (AvgIpc) is 3.77. The third kappa shape index (κ3) is 4.38. The number of thiophene rings is 1. The fourth-order valence-corrected chi connectivity index (χ4v) is 6.27. The highest BCUT2D eigenvalue weighted by Crippen LogP contribution is 2.47. The number of nitrogens with zero attached hydrogens (tertiary/aromatic N) is 4. The van der Waals surface area contributed by atoms with Gasteiger partial charge in [0.05, 0.1) is 37.3 Å². The quantitative estimate of drug-likeness (QED) is 0.243. The van der Waals surface area contributed by atoms with E-state index in [1.165, 1.54) is 11.3 Å². The summed E-state index contributed by atoms with van der Waals surface area (Å²) >= 11 is 1.50. The molecule has 0 saturated heterocycles. The summed E-state index contributed by atoms with van der Waals surface area (Å²) < 4.78 is 18.2. The van der Waals surface area contributed by atoms with Gasteiger partial charge in [-0.2, -0.15) is 0 Å². The Labute approximate surface area is 230 Å². The van der Waals surface area contributed by atoms with Gasteiger partial charge in [-0.25, -0.2) is 20.2 Å². The molecule has 8 heteroatoms. The predicted molar refractivity (Wildman–Crippen MR) is 148 cm³/mol. The molecular weight excluding hydrogens is 508 g/mol. The summed E-state index contributed by atoms with van der Waals surface area (Å²) in [5.41, 5.74) is 5.75. The molecule has 0 unspecified atom stereocenters. The minimum absolute atomic E-state index is 0.143. The van der Waals surface area contributed by atoms with Crippen LogP contribution in [0.4, 0.5) is 0 Å². The van der Waals surface area contributed by atoms with Gasteiger partial charge in [0.15, 0.2) is 0 Å². The van der Waals surface area contributed by atoms with E-state index in [1.807, 2.05) is 56.3 Å². The van der Waals surface area contributed by atoms with Crippen LogP contribution < -0.4 is 4.74 Å². The van der Waals surface area contributed by atoms with E-state index in [1.54, 1.807) is 7.11 Å². The monoisotopic (exact) mass is 530 g/mol. The Morgan fingerprint density at radius 3 is 1.79 bits per heavy atom. The lowest BCUT2D eigenvalue weighted by atomic mass is 10.1. The minimum Gasteiger partial charge on any atom is -0.495 e. The van der Waals surface area contributed by atoms with Crippen LogP contribution in [0.2, 0.25) is 0 Å². The van der Waals surface area contributed by atoms with Crippen LogP contribution in [-0.2, 0) is 0 Å². The zero-order valence-electron chi connectivity index (χ0n) is 21.6. The van der Waals surface area contributed by atoms with Crippen molar-refractivity contribution in [2.75, 3.05) is 7.11 Å². The first-order valence-corrected chi connectivity index (χ1v) is 13.1. The molecule has 0 N–H and O–H groups in total. The molecule has 0 radical (unpaired) electrons. The van der Waals surface area contributed by atoms with Crippen molar-refractivity contribution in [3.63, 3.8) is 0 Å². The predicted octanol–water partition coefficient (Wildman–Crippen LogP) is 8.81. The molecule has 3 aromatic heterocycles. The molecule has 39 heavy (non-hydrogen) atoms. The molecule has 0 atom stereocenters. The SMILES string of the molecule is [C-]#[N+]/C(C#N)=C1/CCC(c2ccc(-c3sc(-c4ccc(C5=C(C)/C(=C(\C#N)[N+]#[C-])CC5)o4)cc3OC)o2)=C1C. The second-order valence-electron chi connectivity index (χ2n) is 9.14. The van der Waals surface area contributed by atoms with Crippen molar-refractivity contribution in [3.05, 3.63) is 98.4 Å². The van der Waals surface area contributed by atoms with Gasteiger partial charge in [-0.15, -0.1) is 11.3 Å². The van der Waals surface area contributed by atoms with Gasteiger partial charge in [0, 0.05) is 6.07 Å². The van der Waals surface area contributed by atoms with Crippen LogP contribution in [0.3, 0.4) is 0 Å². The fraction of sp³-hybridized carbons (Fsp3) is 0.226. The summed E-state index contributed by atoms with van der Waals surface area (Å²) in [7, 11) is 1.62. The van der Waals surface area contributed by atoms with Gasteiger partial charge in [0.2, 0.25) is 0 Å². The van der Waals surface area contributed by atoms with Crippen LogP contribution in [0.1, 0.15) is 51.1 Å². The standard InChI is InChI=1S/C31H22N4O3S/c1-17-19(23(15-32)34-3)6-8-21(17)25-10-12-27(37-25)30-14-29(36-5)31(39-30)28-13-11-26(38-28)22-9-7-20(18(22)2)24(16-33)35-4/h10-14H,6-9H2,1-2,5H3/b23-19+,24-20-. The maximum absolute atomic E-state index is 9.28. The number of ether oxygens (including phenoxy) is 1. The molecule has 0 amide bonds. The fourth-order valence-electron chi connectivity index (χ4n) is 5.22. The maximum Gasteiger partial charge on any atom is 0.265 e. The number of furan rings is 2. The zero-order valence-corrected chi connectivity index (χ0v) is 22.5. The first-order valence-electron chi connectivity index (χ1n) is 12.2. The molecule has 3 heterocycles. The lowest BCUT2D eigenvalue weighted by Gasteiger charge is -2.02. The van der Waals surface area contributed by atoms with E-state index in [2.05, 4.69) is 9.69 Å². The van der Waals surface area contributed by atoms with Crippen molar-refractivity contribution in [2.45, 2.75) is 39.5 Å². The molecule has 2 aliphatic rings. The van der Waals surface area contributed by atoms with Crippen molar-refractivity contribution in [1.29, 1.82) is 10.5 Å². The summed E-state index contributed by atoms with van der Waals surface area (Å²) in [6.45, 7) is 18.4. The van der Waals surface area contributed by atoms with Gasteiger partial charge >= 0.3 is 0 Å². The molecule has 7 nitrogen and oxygen atoms in total. The van der Waals surface area contributed by atoms with Gasteiger partial charge in [0.25, 0.3) is 11.4 Å². The molecule has 5 rings (SSSR count). The van der Waals surface area contributed by atoms with E-state index >= 15 is 0 Å². The summed E-state index contributed by atoms with van der Waals surface area (Å²) in [5, 5.41) is 18.6. The van der Waals surface area contributed by atoms with E-state index in [0.29, 0.717) is 36.5 Å². The molecule has 0 spiro atoms. The normalized spacial score (nSPS) is 17.5. The number of allylic oxidation sites excluding steroid dienone is 8. The molecule has 190 valence electrons. The van der Waals surface area contributed by atoms with Crippen LogP contribution in [0.25, 0.3) is 42.1 Å². The number of rotatable bonds is 5. The molecule has 0 aliphatic heterocycles. The summed E-state index contributed by atoms with van der Waals surface area (Å²) in [4.78, 5) is 8.46.